The van der Waals surface area contributed by atoms with E-state index in [1.807, 2.05) is 31.2 Å². The fourth-order valence-corrected chi connectivity index (χ4v) is 3.97. The van der Waals surface area contributed by atoms with E-state index in [9.17, 15) is 9.18 Å². The molecule has 0 bridgehead atoms. The van der Waals surface area contributed by atoms with Crippen molar-refractivity contribution in [1.29, 1.82) is 0 Å². The molecular formula is C18H16ClFN4O2S2. The number of ether oxygens (including phenoxy) is 1. The molecule has 0 unspecified atom stereocenters. The molecule has 1 amide bonds. The van der Waals surface area contributed by atoms with Gasteiger partial charge < -0.3 is 15.4 Å². The smallest absolute Gasteiger partial charge is 0.234 e. The summed E-state index contributed by atoms with van der Waals surface area (Å²) >= 11 is 8.48. The number of halogens is 2. The molecule has 28 heavy (non-hydrogen) atoms. The van der Waals surface area contributed by atoms with Crippen LogP contribution in [-0.4, -0.2) is 28.5 Å². The van der Waals surface area contributed by atoms with Crippen LogP contribution in [0, 0.1) is 5.82 Å². The van der Waals surface area contributed by atoms with Crippen LogP contribution in [0.15, 0.2) is 46.8 Å². The average Bonchev–Trinajstić information content (AvgIpc) is 3.12. The van der Waals surface area contributed by atoms with E-state index in [-0.39, 0.29) is 16.7 Å². The molecule has 146 valence electrons. The van der Waals surface area contributed by atoms with Gasteiger partial charge in [-0.1, -0.05) is 46.8 Å². The lowest BCUT2D eigenvalue weighted by molar-refractivity contribution is -0.113. The summed E-state index contributed by atoms with van der Waals surface area (Å²) in [6.07, 6.45) is 0. The molecule has 0 aliphatic rings. The van der Waals surface area contributed by atoms with Crippen molar-refractivity contribution in [3.05, 3.63) is 53.3 Å². The van der Waals surface area contributed by atoms with Crippen LogP contribution in [0.25, 0.3) is 0 Å². The Kier molecular flexibility index (Phi) is 7.07. The fraction of sp³-hybridized carbons (Fsp3) is 0.167. The van der Waals surface area contributed by atoms with Crippen LogP contribution < -0.4 is 15.4 Å². The molecular weight excluding hydrogens is 423 g/mol. The molecule has 0 saturated carbocycles. The van der Waals surface area contributed by atoms with Crippen LogP contribution >= 0.6 is 34.7 Å². The molecule has 0 aliphatic heterocycles. The number of carbonyl (C=O) groups excluding carboxylic acids is 1. The predicted octanol–water partition coefficient (Wildman–Crippen LogP) is 5.20. The lowest BCUT2D eigenvalue weighted by Gasteiger charge is -2.09. The van der Waals surface area contributed by atoms with Gasteiger partial charge >= 0.3 is 0 Å². The molecule has 3 rings (SSSR count). The van der Waals surface area contributed by atoms with E-state index in [0.29, 0.717) is 21.8 Å². The maximum Gasteiger partial charge on any atom is 0.234 e. The molecule has 0 fully saturated rings. The van der Waals surface area contributed by atoms with Crippen molar-refractivity contribution in [2.24, 2.45) is 0 Å². The lowest BCUT2D eigenvalue weighted by atomic mass is 10.3. The number of benzene rings is 2. The van der Waals surface area contributed by atoms with Crippen LogP contribution in [0.2, 0.25) is 5.02 Å². The summed E-state index contributed by atoms with van der Waals surface area (Å²) in [5.74, 6) is 0.116. The summed E-state index contributed by atoms with van der Waals surface area (Å²) in [4.78, 5) is 12.1. The van der Waals surface area contributed by atoms with Gasteiger partial charge in [0, 0.05) is 0 Å². The number of hydrogen-bond donors (Lipinski definition) is 2. The Morgan fingerprint density at radius 3 is 2.86 bits per heavy atom. The second-order valence-corrected chi connectivity index (χ2v) is 8.00. The van der Waals surface area contributed by atoms with Gasteiger partial charge in [-0.25, -0.2) is 4.39 Å². The topological polar surface area (TPSA) is 76.1 Å². The zero-order valence-corrected chi connectivity index (χ0v) is 17.1. The largest absolute Gasteiger partial charge is 0.492 e. The number of carbonyl (C=O) groups is 1. The van der Waals surface area contributed by atoms with Crippen LogP contribution in [0.4, 0.5) is 20.9 Å². The minimum atomic E-state index is -0.461. The second kappa shape index (κ2) is 9.72. The van der Waals surface area contributed by atoms with Crippen molar-refractivity contribution in [1.82, 2.24) is 10.2 Å². The van der Waals surface area contributed by atoms with Crippen molar-refractivity contribution in [2.75, 3.05) is 23.0 Å². The molecule has 0 aliphatic carbocycles. The molecule has 1 heterocycles. The van der Waals surface area contributed by atoms with E-state index < -0.39 is 5.82 Å². The number of nitrogens with zero attached hydrogens (tertiary/aromatic N) is 2. The number of rotatable bonds is 8. The molecule has 0 saturated heterocycles. The highest BCUT2D eigenvalue weighted by Crippen LogP contribution is 2.31. The Morgan fingerprint density at radius 2 is 2.07 bits per heavy atom. The third-order valence-electron chi connectivity index (χ3n) is 3.37. The van der Waals surface area contributed by atoms with Crippen LogP contribution in [0.5, 0.6) is 5.75 Å². The SMILES string of the molecule is CCOc1ccccc1Nc1nnc(SCC(=O)Nc2ccc(F)cc2Cl)s1. The van der Waals surface area contributed by atoms with Crippen LogP contribution in [0.3, 0.4) is 0 Å². The minimum absolute atomic E-state index is 0.123. The molecule has 1 aromatic heterocycles. The van der Waals surface area contributed by atoms with Crippen molar-refractivity contribution in [2.45, 2.75) is 11.3 Å². The quantitative estimate of drug-likeness (QED) is 0.470. The van der Waals surface area contributed by atoms with Gasteiger partial charge in [-0.3, -0.25) is 4.79 Å². The summed E-state index contributed by atoms with van der Waals surface area (Å²) in [5, 5.41) is 14.7. The first-order valence-electron chi connectivity index (χ1n) is 8.25. The Balaban J connectivity index is 1.55. The number of hydrogen-bond acceptors (Lipinski definition) is 7. The van der Waals surface area contributed by atoms with Gasteiger partial charge in [0.25, 0.3) is 0 Å². The normalized spacial score (nSPS) is 10.5. The van der Waals surface area contributed by atoms with E-state index in [0.717, 1.165) is 17.5 Å². The van der Waals surface area contributed by atoms with Crippen molar-refractivity contribution >= 4 is 57.1 Å². The van der Waals surface area contributed by atoms with Crippen molar-refractivity contribution in [3.63, 3.8) is 0 Å². The van der Waals surface area contributed by atoms with Gasteiger partial charge in [-0.15, -0.1) is 10.2 Å². The third-order valence-corrected chi connectivity index (χ3v) is 5.65. The van der Waals surface area contributed by atoms with E-state index in [1.165, 1.54) is 35.2 Å². The maximum absolute atomic E-state index is 13.1. The number of aromatic nitrogens is 2. The van der Waals surface area contributed by atoms with Gasteiger partial charge in [-0.2, -0.15) is 0 Å². The summed E-state index contributed by atoms with van der Waals surface area (Å²) in [5.41, 5.74) is 1.15. The number of thioether (sulfide) groups is 1. The molecule has 6 nitrogen and oxygen atoms in total. The van der Waals surface area contributed by atoms with E-state index >= 15 is 0 Å². The van der Waals surface area contributed by atoms with Gasteiger partial charge in [-0.05, 0) is 37.3 Å². The third kappa shape index (κ3) is 5.57. The zero-order chi connectivity index (χ0) is 19.9. The van der Waals surface area contributed by atoms with E-state index in [1.54, 1.807) is 0 Å². The summed E-state index contributed by atoms with van der Waals surface area (Å²) in [7, 11) is 0. The molecule has 10 heteroatoms. The van der Waals surface area contributed by atoms with Gasteiger partial charge in [0.15, 0.2) is 4.34 Å². The second-order valence-electron chi connectivity index (χ2n) is 5.39. The van der Waals surface area contributed by atoms with Crippen molar-refractivity contribution in [3.8, 4) is 5.75 Å². The maximum atomic E-state index is 13.1. The van der Waals surface area contributed by atoms with Gasteiger partial charge in [0.05, 0.1) is 28.8 Å². The number of amides is 1. The number of anilines is 3. The molecule has 2 N–H and O–H groups in total. The monoisotopic (exact) mass is 438 g/mol. The highest BCUT2D eigenvalue weighted by atomic mass is 35.5. The zero-order valence-electron chi connectivity index (χ0n) is 14.7. The molecule has 0 spiro atoms. The summed E-state index contributed by atoms with van der Waals surface area (Å²) < 4.78 is 19.3. The Morgan fingerprint density at radius 1 is 1.25 bits per heavy atom. The first kappa shape index (κ1) is 20.4. The lowest BCUT2D eigenvalue weighted by Crippen LogP contribution is -2.14. The molecule has 0 atom stereocenters. The van der Waals surface area contributed by atoms with Crippen molar-refractivity contribution < 1.29 is 13.9 Å². The molecule has 2 aromatic carbocycles. The Bertz CT molecular complexity index is 970. The average molecular weight is 439 g/mol. The Hall–Kier alpha value is -2.36. The highest BCUT2D eigenvalue weighted by Gasteiger charge is 2.11. The first-order chi connectivity index (χ1) is 13.5. The van der Waals surface area contributed by atoms with Gasteiger partial charge in [0.1, 0.15) is 11.6 Å². The molecule has 0 radical (unpaired) electrons. The number of nitrogens with one attached hydrogen (secondary N) is 2. The minimum Gasteiger partial charge on any atom is -0.492 e. The molecule has 3 aromatic rings. The predicted molar refractivity (Wildman–Crippen MR) is 112 cm³/mol. The first-order valence-corrected chi connectivity index (χ1v) is 10.4. The standard InChI is InChI=1S/C18H16ClFN4O2S2/c1-2-26-15-6-4-3-5-14(15)22-17-23-24-18(28-17)27-10-16(25)21-13-8-7-11(20)9-12(13)19/h3-9H,2,10H2,1H3,(H,21,25)(H,22,23). The van der Waals surface area contributed by atoms with Crippen LogP contribution in [0.1, 0.15) is 6.92 Å². The highest BCUT2D eigenvalue weighted by molar-refractivity contribution is 8.01. The van der Waals surface area contributed by atoms with E-state index in [2.05, 4.69) is 20.8 Å². The Labute approximate surface area is 174 Å². The number of para-hydroxylation sites is 2. The summed E-state index contributed by atoms with van der Waals surface area (Å²) in [6.45, 7) is 2.48. The summed E-state index contributed by atoms with van der Waals surface area (Å²) in [6, 6.07) is 11.3. The van der Waals surface area contributed by atoms with E-state index in [4.69, 9.17) is 16.3 Å². The fourth-order valence-electron chi connectivity index (χ4n) is 2.19. The van der Waals surface area contributed by atoms with Crippen LogP contribution in [-0.2, 0) is 4.79 Å². The van der Waals surface area contributed by atoms with Gasteiger partial charge in [0.2, 0.25) is 11.0 Å².